The van der Waals surface area contributed by atoms with Crippen LogP contribution in [0.4, 0.5) is 0 Å². The first-order chi connectivity index (χ1) is 10.5. The third-order valence-corrected chi connectivity index (χ3v) is 4.89. The third-order valence-electron chi connectivity index (χ3n) is 4.89. The van der Waals surface area contributed by atoms with Crippen molar-refractivity contribution < 1.29 is 9.28 Å². The molecule has 0 aliphatic carbocycles. The van der Waals surface area contributed by atoms with Gasteiger partial charge in [0.2, 0.25) is 0 Å². The van der Waals surface area contributed by atoms with E-state index in [9.17, 15) is 4.79 Å². The summed E-state index contributed by atoms with van der Waals surface area (Å²) >= 11 is 0. The molecule has 1 heterocycles. The van der Waals surface area contributed by atoms with Gasteiger partial charge in [-0.25, -0.2) is 0 Å². The number of rotatable bonds is 11. The summed E-state index contributed by atoms with van der Waals surface area (Å²) in [4.78, 5) is 14.4. The quantitative estimate of drug-likeness (QED) is 0.413. The average molecular weight is 312 g/mol. The van der Waals surface area contributed by atoms with E-state index in [0.29, 0.717) is 12.5 Å². The first kappa shape index (κ1) is 19.5. The van der Waals surface area contributed by atoms with Gasteiger partial charge in [-0.2, -0.15) is 0 Å². The number of likely N-dealkylation sites (tertiary alicyclic amines) is 1. The molecule has 1 saturated heterocycles. The first-order valence-electron chi connectivity index (χ1n) is 9.65. The highest BCUT2D eigenvalue weighted by Gasteiger charge is 2.24. The topological polar surface area (TPSA) is 20.3 Å². The van der Waals surface area contributed by atoms with Crippen LogP contribution in [0.15, 0.2) is 0 Å². The molecule has 1 fully saturated rings. The zero-order valence-electron chi connectivity index (χ0n) is 15.4. The smallest absolute Gasteiger partial charge is 0.277 e. The molecule has 0 radical (unpaired) electrons. The van der Waals surface area contributed by atoms with Crippen LogP contribution in [-0.2, 0) is 4.79 Å². The third kappa shape index (κ3) is 8.77. The van der Waals surface area contributed by atoms with E-state index in [1.165, 1.54) is 70.6 Å². The van der Waals surface area contributed by atoms with E-state index in [-0.39, 0.29) is 0 Å². The van der Waals surface area contributed by atoms with Gasteiger partial charge in [0.25, 0.3) is 5.91 Å². The Bertz CT molecular complexity index is 296. The summed E-state index contributed by atoms with van der Waals surface area (Å²) in [6, 6.07) is 0. The summed E-state index contributed by atoms with van der Waals surface area (Å²) in [6.45, 7) is 6.05. The SMILES string of the molecule is CCCCCCCCCC[N+](C)(C)CC(=O)N1CCCCC1. The van der Waals surface area contributed by atoms with Gasteiger partial charge >= 0.3 is 0 Å². The van der Waals surface area contributed by atoms with Gasteiger partial charge in [0.1, 0.15) is 0 Å². The second-order valence-corrected chi connectivity index (χ2v) is 7.73. The Labute approximate surface area is 138 Å². The van der Waals surface area contributed by atoms with Gasteiger partial charge < -0.3 is 9.38 Å². The van der Waals surface area contributed by atoms with Crippen molar-refractivity contribution in [1.29, 1.82) is 0 Å². The number of unbranched alkanes of at least 4 members (excludes halogenated alkanes) is 7. The van der Waals surface area contributed by atoms with Crippen LogP contribution in [0.5, 0.6) is 0 Å². The normalized spacial score (nSPS) is 16.0. The van der Waals surface area contributed by atoms with E-state index in [0.717, 1.165) is 24.1 Å². The van der Waals surface area contributed by atoms with Crippen LogP contribution in [0.3, 0.4) is 0 Å². The molecular formula is C19H39N2O+. The Balaban J connectivity index is 2.08. The summed E-state index contributed by atoms with van der Waals surface area (Å²) in [5.74, 6) is 0.365. The maximum atomic E-state index is 12.4. The first-order valence-corrected chi connectivity index (χ1v) is 9.65. The van der Waals surface area contributed by atoms with E-state index >= 15 is 0 Å². The van der Waals surface area contributed by atoms with Gasteiger partial charge in [0.05, 0.1) is 20.6 Å². The van der Waals surface area contributed by atoms with Crippen molar-refractivity contribution in [3.05, 3.63) is 0 Å². The minimum absolute atomic E-state index is 0.365. The molecule has 0 N–H and O–H groups in total. The largest absolute Gasteiger partial charge is 0.338 e. The molecule has 0 atom stereocenters. The fourth-order valence-electron chi connectivity index (χ4n) is 3.36. The molecule has 0 aromatic heterocycles. The minimum Gasteiger partial charge on any atom is -0.338 e. The predicted molar refractivity (Wildman–Crippen MR) is 94.9 cm³/mol. The maximum absolute atomic E-state index is 12.4. The van der Waals surface area contributed by atoms with Crippen molar-refractivity contribution in [2.75, 3.05) is 40.3 Å². The van der Waals surface area contributed by atoms with Crippen molar-refractivity contribution in [2.45, 2.75) is 77.6 Å². The fourth-order valence-corrected chi connectivity index (χ4v) is 3.36. The summed E-state index contributed by atoms with van der Waals surface area (Å²) < 4.78 is 0.852. The number of carbonyl (C=O) groups excluding carboxylic acids is 1. The average Bonchev–Trinajstić information content (AvgIpc) is 2.50. The van der Waals surface area contributed by atoms with Crippen LogP contribution in [0.25, 0.3) is 0 Å². The highest BCUT2D eigenvalue weighted by atomic mass is 16.2. The molecule has 0 spiro atoms. The number of hydrogen-bond acceptors (Lipinski definition) is 1. The standard InChI is InChI=1S/C19H39N2O/c1-4-5-6-7-8-9-10-14-17-21(2,3)18-19(22)20-15-12-11-13-16-20/h4-18H2,1-3H3/q+1. The molecule has 1 aliphatic heterocycles. The van der Waals surface area contributed by atoms with Crippen LogP contribution < -0.4 is 0 Å². The molecule has 0 saturated carbocycles. The Morgan fingerprint density at radius 1 is 0.864 bits per heavy atom. The van der Waals surface area contributed by atoms with Crippen LogP contribution in [0.2, 0.25) is 0 Å². The molecule has 1 amide bonds. The van der Waals surface area contributed by atoms with Gasteiger partial charge in [-0.15, -0.1) is 0 Å². The van der Waals surface area contributed by atoms with Crippen LogP contribution >= 0.6 is 0 Å². The van der Waals surface area contributed by atoms with Crippen molar-refractivity contribution in [3.8, 4) is 0 Å². The Hall–Kier alpha value is -0.570. The summed E-state index contributed by atoms with van der Waals surface area (Å²) in [6.07, 6.45) is 14.5. The molecule has 130 valence electrons. The molecular weight excluding hydrogens is 272 g/mol. The minimum atomic E-state index is 0.365. The Morgan fingerprint density at radius 3 is 2.00 bits per heavy atom. The van der Waals surface area contributed by atoms with Crippen molar-refractivity contribution in [1.82, 2.24) is 4.90 Å². The Kier molecular flexibility index (Phi) is 9.77. The lowest BCUT2D eigenvalue weighted by atomic mass is 10.1. The zero-order chi connectivity index (χ0) is 16.3. The van der Waals surface area contributed by atoms with E-state index in [1.54, 1.807) is 0 Å². The maximum Gasteiger partial charge on any atom is 0.277 e. The molecule has 3 nitrogen and oxygen atoms in total. The van der Waals surface area contributed by atoms with Gasteiger partial charge in [0.15, 0.2) is 6.54 Å². The van der Waals surface area contributed by atoms with E-state index in [2.05, 4.69) is 25.9 Å². The molecule has 0 bridgehead atoms. The second-order valence-electron chi connectivity index (χ2n) is 7.73. The van der Waals surface area contributed by atoms with Crippen molar-refractivity contribution in [2.24, 2.45) is 0 Å². The summed E-state index contributed by atoms with van der Waals surface area (Å²) in [5.41, 5.74) is 0. The molecule has 3 heteroatoms. The fraction of sp³-hybridized carbons (Fsp3) is 0.947. The van der Waals surface area contributed by atoms with E-state index in [1.807, 2.05) is 0 Å². The van der Waals surface area contributed by atoms with Gasteiger partial charge in [-0.05, 0) is 32.1 Å². The predicted octanol–water partition coefficient (Wildman–Crippen LogP) is 4.22. The van der Waals surface area contributed by atoms with E-state index in [4.69, 9.17) is 0 Å². The van der Waals surface area contributed by atoms with Gasteiger partial charge in [-0.3, -0.25) is 4.79 Å². The number of hydrogen-bond donors (Lipinski definition) is 0. The molecule has 22 heavy (non-hydrogen) atoms. The summed E-state index contributed by atoms with van der Waals surface area (Å²) in [7, 11) is 4.42. The number of piperidine rings is 1. The van der Waals surface area contributed by atoms with Gasteiger partial charge in [0, 0.05) is 13.1 Å². The van der Waals surface area contributed by atoms with Crippen LogP contribution in [0.1, 0.15) is 77.6 Å². The number of amides is 1. The molecule has 0 aromatic rings. The molecule has 1 aliphatic rings. The molecule has 0 unspecified atom stereocenters. The highest BCUT2D eigenvalue weighted by Crippen LogP contribution is 2.12. The number of carbonyl (C=O) groups is 1. The Morgan fingerprint density at radius 2 is 1.41 bits per heavy atom. The molecule has 1 rings (SSSR count). The number of quaternary nitrogens is 1. The lowest BCUT2D eigenvalue weighted by Crippen LogP contribution is -2.50. The molecule has 0 aromatic carbocycles. The summed E-state index contributed by atoms with van der Waals surface area (Å²) in [5, 5.41) is 0. The van der Waals surface area contributed by atoms with Crippen LogP contribution in [0, 0.1) is 0 Å². The van der Waals surface area contributed by atoms with Crippen LogP contribution in [-0.4, -0.2) is 55.6 Å². The van der Waals surface area contributed by atoms with Crippen molar-refractivity contribution in [3.63, 3.8) is 0 Å². The van der Waals surface area contributed by atoms with Gasteiger partial charge in [-0.1, -0.05) is 45.4 Å². The van der Waals surface area contributed by atoms with E-state index < -0.39 is 0 Å². The number of likely N-dealkylation sites (N-methyl/N-ethyl adjacent to an activating group) is 1. The lowest BCUT2D eigenvalue weighted by molar-refractivity contribution is -0.883. The lowest BCUT2D eigenvalue weighted by Gasteiger charge is -2.33. The second kappa shape index (κ2) is 11.0. The zero-order valence-corrected chi connectivity index (χ0v) is 15.4. The monoisotopic (exact) mass is 311 g/mol. The van der Waals surface area contributed by atoms with Crippen molar-refractivity contribution >= 4 is 5.91 Å². The highest BCUT2D eigenvalue weighted by molar-refractivity contribution is 5.77. The number of nitrogens with zero attached hydrogens (tertiary/aromatic N) is 2.